The number of rotatable bonds is 10. The average molecular weight is 434 g/mol. The summed E-state index contributed by atoms with van der Waals surface area (Å²) in [6.07, 6.45) is 0. The fourth-order valence-electron chi connectivity index (χ4n) is 2.63. The molecule has 2 aromatic carbocycles. The van der Waals surface area contributed by atoms with Crippen LogP contribution in [-0.4, -0.2) is 40.1 Å². The standard InChI is InChI=1S/C16H20ClN3O7S/c1-8(6-26-2)20-12-11(13(22)14(12)23)19-5-9-3-4-10(17)16(28(18,24)25)15(9)27-7-21/h3-4,8,19-21H,5-7H2,1-2H3,(H2,18,24,25). The van der Waals surface area contributed by atoms with Crippen LogP contribution in [0.1, 0.15) is 12.5 Å². The number of aliphatic hydroxyl groups is 1. The molecule has 0 bridgehead atoms. The molecule has 2 rings (SSSR count). The molecule has 0 aliphatic heterocycles. The van der Waals surface area contributed by atoms with E-state index in [2.05, 4.69) is 10.6 Å². The molecule has 0 aromatic heterocycles. The van der Waals surface area contributed by atoms with Gasteiger partial charge in [-0.3, -0.25) is 9.59 Å². The summed E-state index contributed by atoms with van der Waals surface area (Å²) in [5.74, 6) is -0.244. The summed E-state index contributed by atoms with van der Waals surface area (Å²) in [4.78, 5) is 23.2. The van der Waals surface area contributed by atoms with Gasteiger partial charge in [0.05, 0.1) is 11.6 Å². The Hall–Kier alpha value is -2.18. The van der Waals surface area contributed by atoms with Gasteiger partial charge in [0.1, 0.15) is 22.0 Å². The highest BCUT2D eigenvalue weighted by molar-refractivity contribution is 7.89. The molecule has 28 heavy (non-hydrogen) atoms. The lowest BCUT2D eigenvalue weighted by Gasteiger charge is -2.20. The topological polar surface area (TPSA) is 157 Å². The summed E-state index contributed by atoms with van der Waals surface area (Å²) in [5.41, 5.74) is -0.961. The van der Waals surface area contributed by atoms with Crippen LogP contribution in [0, 0.1) is 0 Å². The molecular weight excluding hydrogens is 414 g/mol. The summed E-state index contributed by atoms with van der Waals surface area (Å²) in [7, 11) is -2.74. The lowest BCUT2D eigenvalue weighted by atomic mass is 10.1. The van der Waals surface area contributed by atoms with Crippen molar-refractivity contribution in [3.05, 3.63) is 43.2 Å². The Morgan fingerprint density at radius 3 is 2.46 bits per heavy atom. The maximum Gasteiger partial charge on any atom is 0.253 e. The predicted octanol–water partition coefficient (Wildman–Crippen LogP) is -0.0291. The van der Waals surface area contributed by atoms with Crippen LogP contribution in [-0.2, 0) is 21.3 Å². The smallest absolute Gasteiger partial charge is 0.253 e. The van der Waals surface area contributed by atoms with Crippen LogP contribution in [0.25, 0.3) is 0 Å². The predicted molar refractivity (Wildman–Crippen MR) is 104 cm³/mol. The monoisotopic (exact) mass is 433 g/mol. The van der Waals surface area contributed by atoms with Gasteiger partial charge < -0.3 is 25.2 Å². The Bertz CT molecular complexity index is 1030. The van der Waals surface area contributed by atoms with Crippen molar-refractivity contribution in [1.82, 2.24) is 0 Å². The van der Waals surface area contributed by atoms with E-state index < -0.39 is 32.6 Å². The number of ether oxygens (including phenoxy) is 2. The number of nitrogens with two attached hydrogens (primary N) is 1. The van der Waals surface area contributed by atoms with Crippen LogP contribution in [0.5, 0.6) is 5.75 Å². The molecule has 0 radical (unpaired) electrons. The van der Waals surface area contributed by atoms with Gasteiger partial charge >= 0.3 is 0 Å². The van der Waals surface area contributed by atoms with E-state index in [0.29, 0.717) is 6.61 Å². The summed E-state index contributed by atoms with van der Waals surface area (Å²) >= 11 is 5.90. The van der Waals surface area contributed by atoms with Gasteiger partial charge in [-0.05, 0) is 13.0 Å². The first kappa shape index (κ1) is 22.1. The van der Waals surface area contributed by atoms with Crippen molar-refractivity contribution in [2.75, 3.05) is 31.1 Å². The number of nitrogens with one attached hydrogen (secondary N) is 2. The van der Waals surface area contributed by atoms with Crippen molar-refractivity contribution < 1.29 is 23.0 Å². The maximum atomic E-state index is 11.9. The summed E-state index contributed by atoms with van der Waals surface area (Å²) in [6.45, 7) is 1.18. The first-order valence-corrected chi connectivity index (χ1v) is 9.94. The van der Waals surface area contributed by atoms with Gasteiger partial charge in [-0.25, -0.2) is 13.6 Å². The van der Waals surface area contributed by atoms with Gasteiger partial charge in [0.2, 0.25) is 10.0 Å². The summed E-state index contributed by atoms with van der Waals surface area (Å²) < 4.78 is 33.6. The number of methoxy groups -OCH3 is 1. The molecule has 12 heteroatoms. The molecule has 1 atom stereocenters. The first-order chi connectivity index (χ1) is 13.1. The van der Waals surface area contributed by atoms with Gasteiger partial charge in [0.25, 0.3) is 10.9 Å². The van der Waals surface area contributed by atoms with Crippen molar-refractivity contribution in [1.29, 1.82) is 0 Å². The molecule has 5 N–H and O–H groups in total. The largest absolute Gasteiger partial charge is 0.466 e. The molecule has 0 spiro atoms. The van der Waals surface area contributed by atoms with E-state index in [9.17, 15) is 18.0 Å². The van der Waals surface area contributed by atoms with E-state index in [0.717, 1.165) is 0 Å². The third kappa shape index (κ3) is 4.62. The number of anilines is 2. The molecule has 154 valence electrons. The minimum Gasteiger partial charge on any atom is -0.466 e. The summed E-state index contributed by atoms with van der Waals surface area (Å²) in [5, 5.41) is 19.7. The molecule has 0 heterocycles. The summed E-state index contributed by atoms with van der Waals surface area (Å²) in [6, 6.07) is 2.53. The van der Waals surface area contributed by atoms with Crippen LogP contribution >= 0.6 is 11.6 Å². The van der Waals surface area contributed by atoms with Crippen molar-refractivity contribution in [3.63, 3.8) is 0 Å². The number of halogens is 1. The second-order valence-electron chi connectivity index (χ2n) is 5.95. The number of primary sulfonamides is 1. The Morgan fingerprint density at radius 2 is 1.89 bits per heavy atom. The number of sulfonamides is 1. The van der Waals surface area contributed by atoms with Crippen molar-refractivity contribution >= 4 is 33.0 Å². The minimum atomic E-state index is -4.25. The molecule has 2 aromatic rings. The normalized spacial score (nSPS) is 12.8. The van der Waals surface area contributed by atoms with Crippen LogP contribution in [0.4, 0.5) is 11.4 Å². The molecule has 1 unspecified atom stereocenters. The zero-order chi connectivity index (χ0) is 21.1. The molecule has 0 saturated carbocycles. The van der Waals surface area contributed by atoms with Crippen molar-refractivity contribution in [2.45, 2.75) is 24.4 Å². The quantitative estimate of drug-likeness (QED) is 0.298. The molecule has 0 fully saturated rings. The zero-order valence-corrected chi connectivity index (χ0v) is 16.7. The van der Waals surface area contributed by atoms with Crippen LogP contribution < -0.4 is 31.4 Å². The molecule has 0 aliphatic rings. The van der Waals surface area contributed by atoms with E-state index in [1.807, 2.05) is 0 Å². The number of hydrogen-bond acceptors (Lipinski definition) is 9. The zero-order valence-electron chi connectivity index (χ0n) is 15.1. The Kier molecular flexibility index (Phi) is 7.01. The molecular formula is C16H20ClN3O7S. The fourth-order valence-corrected chi connectivity index (χ4v) is 3.89. The van der Waals surface area contributed by atoms with Gasteiger partial charge in [0, 0.05) is 25.3 Å². The number of benzene rings is 1. The molecule has 0 aliphatic carbocycles. The van der Waals surface area contributed by atoms with Gasteiger partial charge in [0.15, 0.2) is 6.79 Å². The Balaban J connectivity index is 2.33. The highest BCUT2D eigenvalue weighted by Crippen LogP contribution is 2.34. The first-order valence-electron chi connectivity index (χ1n) is 8.02. The Labute approximate surface area is 166 Å². The highest BCUT2D eigenvalue weighted by atomic mass is 35.5. The highest BCUT2D eigenvalue weighted by Gasteiger charge is 2.25. The fraction of sp³-hybridized carbons (Fsp3) is 0.375. The SMILES string of the molecule is COCC(C)Nc1c(NCc2ccc(Cl)c(S(N)(=O)=O)c2OCO)c(=O)c1=O. The number of hydrogen-bond donors (Lipinski definition) is 4. The van der Waals surface area contributed by atoms with Gasteiger partial charge in [-0.15, -0.1) is 0 Å². The lowest BCUT2D eigenvalue weighted by Crippen LogP contribution is -2.39. The molecule has 0 saturated heterocycles. The third-order valence-electron chi connectivity index (χ3n) is 3.81. The van der Waals surface area contributed by atoms with Crippen LogP contribution in [0.3, 0.4) is 0 Å². The van der Waals surface area contributed by atoms with Crippen LogP contribution in [0.2, 0.25) is 5.02 Å². The lowest BCUT2D eigenvalue weighted by molar-refractivity contribution is 0.0948. The maximum absolute atomic E-state index is 11.9. The molecule has 10 nitrogen and oxygen atoms in total. The minimum absolute atomic E-state index is 0.0509. The second-order valence-corrected chi connectivity index (χ2v) is 7.85. The van der Waals surface area contributed by atoms with Gasteiger partial charge in [-0.1, -0.05) is 17.7 Å². The van der Waals surface area contributed by atoms with E-state index in [1.165, 1.54) is 19.2 Å². The van der Waals surface area contributed by atoms with Crippen LogP contribution in [0.15, 0.2) is 26.6 Å². The van der Waals surface area contributed by atoms with E-state index in [1.54, 1.807) is 6.92 Å². The van der Waals surface area contributed by atoms with E-state index in [-0.39, 0.29) is 40.3 Å². The van der Waals surface area contributed by atoms with Gasteiger partial charge in [-0.2, -0.15) is 0 Å². The average Bonchev–Trinajstić information content (AvgIpc) is 2.61. The van der Waals surface area contributed by atoms with Crippen molar-refractivity contribution in [3.8, 4) is 5.75 Å². The van der Waals surface area contributed by atoms with E-state index in [4.69, 9.17) is 31.3 Å². The van der Waals surface area contributed by atoms with E-state index >= 15 is 0 Å². The van der Waals surface area contributed by atoms with Crippen molar-refractivity contribution in [2.24, 2.45) is 5.14 Å². The third-order valence-corrected chi connectivity index (χ3v) is 5.21. The second kappa shape index (κ2) is 8.88. The molecule has 0 amide bonds. The Morgan fingerprint density at radius 1 is 1.25 bits per heavy atom. The number of aliphatic hydroxyl groups excluding tert-OH is 1.